The molecule has 0 heterocycles. The average molecular weight is 284 g/mol. The van der Waals surface area contributed by atoms with Crippen molar-refractivity contribution in [2.24, 2.45) is 23.5 Å². The van der Waals surface area contributed by atoms with Crippen molar-refractivity contribution in [2.45, 2.75) is 84.7 Å². The third-order valence-electron chi connectivity index (χ3n) is 5.13. The molecule has 2 heteroatoms. The fraction of sp³-hybridized carbons (Fsp3) is 1.00. The van der Waals surface area contributed by atoms with Crippen LogP contribution in [0.5, 0.6) is 0 Å². The minimum Gasteiger partial charge on any atom is -0.378 e. The first-order valence-electron chi connectivity index (χ1n) is 9.06. The van der Waals surface area contributed by atoms with Crippen LogP contribution in [-0.2, 0) is 4.74 Å². The summed E-state index contributed by atoms with van der Waals surface area (Å²) < 4.78 is 6.33. The molecule has 120 valence electrons. The van der Waals surface area contributed by atoms with Gasteiger partial charge in [0.25, 0.3) is 0 Å². The van der Waals surface area contributed by atoms with Crippen LogP contribution in [0.1, 0.15) is 78.6 Å². The van der Waals surface area contributed by atoms with Crippen LogP contribution in [0.3, 0.4) is 0 Å². The van der Waals surface area contributed by atoms with Crippen LogP contribution >= 0.6 is 0 Å². The van der Waals surface area contributed by atoms with E-state index in [2.05, 4.69) is 20.8 Å². The highest BCUT2D eigenvalue weighted by Crippen LogP contribution is 2.33. The van der Waals surface area contributed by atoms with Gasteiger partial charge in [-0.1, -0.05) is 52.9 Å². The Morgan fingerprint density at radius 2 is 1.95 bits per heavy atom. The van der Waals surface area contributed by atoms with Crippen molar-refractivity contribution in [1.82, 2.24) is 0 Å². The Bertz CT molecular complexity index is 231. The smallest absolute Gasteiger partial charge is 0.0618 e. The second-order valence-corrected chi connectivity index (χ2v) is 6.75. The minimum atomic E-state index is 0.431. The first-order valence-corrected chi connectivity index (χ1v) is 9.06. The lowest BCUT2D eigenvalue weighted by Crippen LogP contribution is -2.37. The maximum atomic E-state index is 6.33. The monoisotopic (exact) mass is 283 g/mol. The molecule has 0 aromatic carbocycles. The zero-order chi connectivity index (χ0) is 14.8. The highest BCUT2D eigenvalue weighted by Gasteiger charge is 2.30. The van der Waals surface area contributed by atoms with E-state index in [-0.39, 0.29) is 0 Å². The summed E-state index contributed by atoms with van der Waals surface area (Å²) in [4.78, 5) is 0. The van der Waals surface area contributed by atoms with E-state index in [9.17, 15) is 0 Å². The van der Waals surface area contributed by atoms with Crippen molar-refractivity contribution >= 4 is 0 Å². The van der Waals surface area contributed by atoms with E-state index < -0.39 is 0 Å². The zero-order valence-electron chi connectivity index (χ0n) is 14.1. The molecule has 2 nitrogen and oxygen atoms in total. The lowest BCUT2D eigenvalue weighted by molar-refractivity contribution is -0.0404. The molecule has 4 unspecified atom stereocenters. The van der Waals surface area contributed by atoms with Crippen molar-refractivity contribution in [3.8, 4) is 0 Å². The summed E-state index contributed by atoms with van der Waals surface area (Å²) in [7, 11) is 0. The Morgan fingerprint density at radius 1 is 1.15 bits per heavy atom. The van der Waals surface area contributed by atoms with E-state index in [4.69, 9.17) is 10.5 Å². The third kappa shape index (κ3) is 6.13. The molecule has 0 aliphatic heterocycles. The van der Waals surface area contributed by atoms with Gasteiger partial charge < -0.3 is 10.5 Å². The Balaban J connectivity index is 2.39. The largest absolute Gasteiger partial charge is 0.378 e. The van der Waals surface area contributed by atoms with Crippen LogP contribution in [0, 0.1) is 17.8 Å². The van der Waals surface area contributed by atoms with Gasteiger partial charge in [0.05, 0.1) is 6.10 Å². The Kier molecular flexibility index (Phi) is 9.54. The Hall–Kier alpha value is -0.0800. The van der Waals surface area contributed by atoms with Gasteiger partial charge in [0.15, 0.2) is 0 Å². The van der Waals surface area contributed by atoms with Crippen molar-refractivity contribution in [2.75, 3.05) is 13.2 Å². The summed E-state index contributed by atoms with van der Waals surface area (Å²) in [5, 5.41) is 0. The van der Waals surface area contributed by atoms with Gasteiger partial charge in [-0.2, -0.15) is 0 Å². The molecule has 0 amide bonds. The van der Waals surface area contributed by atoms with E-state index in [1.807, 2.05) is 0 Å². The van der Waals surface area contributed by atoms with Gasteiger partial charge in [-0.25, -0.2) is 0 Å². The summed E-state index contributed by atoms with van der Waals surface area (Å²) in [5.74, 6) is 2.23. The first kappa shape index (κ1) is 18.0. The van der Waals surface area contributed by atoms with Crippen LogP contribution in [0.25, 0.3) is 0 Å². The fourth-order valence-corrected chi connectivity index (χ4v) is 3.58. The molecule has 2 N–H and O–H groups in total. The summed E-state index contributed by atoms with van der Waals surface area (Å²) >= 11 is 0. The van der Waals surface area contributed by atoms with Crippen LogP contribution < -0.4 is 5.73 Å². The zero-order valence-corrected chi connectivity index (χ0v) is 14.1. The van der Waals surface area contributed by atoms with E-state index >= 15 is 0 Å². The van der Waals surface area contributed by atoms with Gasteiger partial charge >= 0.3 is 0 Å². The van der Waals surface area contributed by atoms with E-state index in [0.29, 0.717) is 12.0 Å². The highest BCUT2D eigenvalue weighted by molar-refractivity contribution is 4.81. The van der Waals surface area contributed by atoms with E-state index in [0.717, 1.165) is 25.0 Å². The molecular weight excluding hydrogens is 246 g/mol. The highest BCUT2D eigenvalue weighted by atomic mass is 16.5. The molecule has 0 spiro atoms. The van der Waals surface area contributed by atoms with Gasteiger partial charge in [0.2, 0.25) is 0 Å². The molecule has 0 aromatic rings. The normalized spacial score (nSPS) is 28.5. The Labute approximate surface area is 126 Å². The SMILES string of the molecule is CCCCC(CC)COC1CC(CCC)CCC1CN. The second kappa shape index (κ2) is 10.6. The molecule has 1 fully saturated rings. The fourth-order valence-electron chi connectivity index (χ4n) is 3.58. The number of unbranched alkanes of at least 4 members (excludes halogenated alkanes) is 1. The molecule has 0 aromatic heterocycles. The van der Waals surface area contributed by atoms with Gasteiger partial charge in [-0.05, 0) is 50.0 Å². The maximum absolute atomic E-state index is 6.33. The average Bonchev–Trinajstić information content (AvgIpc) is 2.48. The van der Waals surface area contributed by atoms with Gasteiger partial charge in [-0.3, -0.25) is 0 Å². The van der Waals surface area contributed by atoms with E-state index in [1.54, 1.807) is 0 Å². The number of nitrogens with two attached hydrogens (primary N) is 1. The van der Waals surface area contributed by atoms with Crippen molar-refractivity contribution in [1.29, 1.82) is 0 Å². The number of rotatable bonds is 10. The van der Waals surface area contributed by atoms with Crippen LogP contribution in [-0.4, -0.2) is 19.3 Å². The molecule has 0 radical (unpaired) electrons. The minimum absolute atomic E-state index is 0.431. The van der Waals surface area contributed by atoms with Gasteiger partial charge in [0.1, 0.15) is 0 Å². The molecule has 1 aliphatic rings. The second-order valence-electron chi connectivity index (χ2n) is 6.75. The molecule has 1 aliphatic carbocycles. The molecule has 1 rings (SSSR count). The number of ether oxygens (including phenoxy) is 1. The summed E-state index contributed by atoms with van der Waals surface area (Å²) in [6.45, 7) is 8.62. The summed E-state index contributed by atoms with van der Waals surface area (Å²) in [6, 6.07) is 0. The quantitative estimate of drug-likeness (QED) is 0.627. The van der Waals surface area contributed by atoms with Crippen LogP contribution in [0.4, 0.5) is 0 Å². The van der Waals surface area contributed by atoms with Crippen LogP contribution in [0.15, 0.2) is 0 Å². The standard InChI is InChI=1S/C18H37NO/c1-4-7-9-15(6-3)14-20-18-12-16(8-5-2)10-11-17(18)13-19/h15-18H,4-14,19H2,1-3H3. The van der Waals surface area contributed by atoms with Crippen LogP contribution in [0.2, 0.25) is 0 Å². The Morgan fingerprint density at radius 3 is 2.55 bits per heavy atom. The van der Waals surface area contributed by atoms with Gasteiger partial charge in [0, 0.05) is 6.61 Å². The van der Waals surface area contributed by atoms with Crippen molar-refractivity contribution < 1.29 is 4.74 Å². The van der Waals surface area contributed by atoms with Crippen molar-refractivity contribution in [3.05, 3.63) is 0 Å². The molecule has 0 bridgehead atoms. The van der Waals surface area contributed by atoms with Gasteiger partial charge in [-0.15, -0.1) is 0 Å². The molecule has 0 saturated heterocycles. The topological polar surface area (TPSA) is 35.2 Å². The lowest BCUT2D eigenvalue weighted by atomic mass is 9.78. The van der Waals surface area contributed by atoms with E-state index in [1.165, 1.54) is 57.8 Å². The van der Waals surface area contributed by atoms with Crippen molar-refractivity contribution in [3.63, 3.8) is 0 Å². The molecule has 20 heavy (non-hydrogen) atoms. The predicted octanol–water partition coefficient (Wildman–Crippen LogP) is 4.76. The maximum Gasteiger partial charge on any atom is 0.0618 e. The molecule has 1 saturated carbocycles. The first-order chi connectivity index (χ1) is 9.74. The predicted molar refractivity (Wildman–Crippen MR) is 87.8 cm³/mol. The molecular formula is C18H37NO. The number of hydrogen-bond donors (Lipinski definition) is 1. The summed E-state index contributed by atoms with van der Waals surface area (Å²) in [6.07, 6.45) is 12.2. The molecule has 4 atom stereocenters. The third-order valence-corrected chi connectivity index (χ3v) is 5.13. The number of hydrogen-bond acceptors (Lipinski definition) is 2. The lowest BCUT2D eigenvalue weighted by Gasteiger charge is -2.36. The summed E-state index contributed by atoms with van der Waals surface area (Å²) in [5.41, 5.74) is 5.95.